The number of rotatable bonds is 4. The Morgan fingerprint density at radius 3 is 2.46 bits per heavy atom. The van der Waals surface area contributed by atoms with Crippen LogP contribution in [0.2, 0.25) is 0 Å². The Balaban J connectivity index is 1.79. The molecule has 26 heavy (non-hydrogen) atoms. The van der Waals surface area contributed by atoms with E-state index in [0.717, 1.165) is 34.8 Å². The van der Waals surface area contributed by atoms with Crippen LogP contribution >= 0.6 is 11.3 Å². The lowest BCUT2D eigenvalue weighted by Crippen LogP contribution is -2.15. The Hall–Kier alpha value is -2.67. The van der Waals surface area contributed by atoms with E-state index in [0.29, 0.717) is 16.1 Å². The topological polar surface area (TPSA) is 71.0 Å². The standard InChI is InChI=1S/C19H21N3O3S/c1-11-9-10-22(21-11)15-7-5-14(6-8-15)17(23)20-18-16(19(24)25-4)12(2)13(3)26-18/h5-8H,9-10H2,1-4H3,(H,20,23). The van der Waals surface area contributed by atoms with Gasteiger partial charge in [-0.2, -0.15) is 5.10 Å². The van der Waals surface area contributed by atoms with Crippen molar-refractivity contribution in [2.75, 3.05) is 24.0 Å². The van der Waals surface area contributed by atoms with Crippen LogP contribution in [0.3, 0.4) is 0 Å². The molecule has 0 saturated carbocycles. The fraction of sp³-hybridized carbons (Fsp3) is 0.316. The van der Waals surface area contributed by atoms with Gasteiger partial charge < -0.3 is 10.1 Å². The quantitative estimate of drug-likeness (QED) is 0.825. The summed E-state index contributed by atoms with van der Waals surface area (Å²) in [5, 5.41) is 9.73. The maximum absolute atomic E-state index is 12.6. The molecule has 3 rings (SSSR count). The highest BCUT2D eigenvalue weighted by atomic mass is 32.1. The number of aryl methyl sites for hydroxylation is 1. The molecular formula is C19H21N3O3S. The molecule has 0 unspecified atom stereocenters. The molecule has 1 aromatic heterocycles. The van der Waals surface area contributed by atoms with Crippen LogP contribution in [0.5, 0.6) is 0 Å². The summed E-state index contributed by atoms with van der Waals surface area (Å²) in [6.07, 6.45) is 0.954. The van der Waals surface area contributed by atoms with E-state index >= 15 is 0 Å². The summed E-state index contributed by atoms with van der Waals surface area (Å²) in [7, 11) is 1.33. The highest BCUT2D eigenvalue weighted by Gasteiger charge is 2.22. The molecule has 1 aromatic carbocycles. The van der Waals surface area contributed by atoms with Gasteiger partial charge in [-0.1, -0.05) is 0 Å². The molecule has 0 aliphatic carbocycles. The normalized spacial score (nSPS) is 13.5. The van der Waals surface area contributed by atoms with Crippen molar-refractivity contribution in [3.8, 4) is 0 Å². The molecule has 0 spiro atoms. The number of esters is 1. The smallest absolute Gasteiger partial charge is 0.341 e. The minimum absolute atomic E-state index is 0.260. The van der Waals surface area contributed by atoms with Crippen molar-refractivity contribution in [3.05, 3.63) is 45.8 Å². The Morgan fingerprint density at radius 2 is 1.88 bits per heavy atom. The lowest BCUT2D eigenvalue weighted by atomic mass is 10.1. The van der Waals surface area contributed by atoms with Gasteiger partial charge in [0.25, 0.3) is 5.91 Å². The summed E-state index contributed by atoms with van der Waals surface area (Å²) in [6.45, 7) is 6.62. The molecule has 0 saturated heterocycles. The molecule has 1 aliphatic rings. The van der Waals surface area contributed by atoms with Crippen LogP contribution in [0, 0.1) is 13.8 Å². The van der Waals surface area contributed by atoms with Gasteiger partial charge in [0.2, 0.25) is 0 Å². The molecular weight excluding hydrogens is 350 g/mol. The van der Waals surface area contributed by atoms with E-state index in [4.69, 9.17) is 4.74 Å². The monoisotopic (exact) mass is 371 g/mol. The maximum Gasteiger partial charge on any atom is 0.341 e. The van der Waals surface area contributed by atoms with Gasteiger partial charge in [0.15, 0.2) is 0 Å². The van der Waals surface area contributed by atoms with E-state index < -0.39 is 5.97 Å². The van der Waals surface area contributed by atoms with E-state index in [1.165, 1.54) is 18.4 Å². The number of thiophene rings is 1. The minimum Gasteiger partial charge on any atom is -0.465 e. The number of benzene rings is 1. The van der Waals surface area contributed by atoms with Crippen LogP contribution < -0.4 is 10.3 Å². The number of methoxy groups -OCH3 is 1. The highest BCUT2D eigenvalue weighted by Crippen LogP contribution is 2.33. The highest BCUT2D eigenvalue weighted by molar-refractivity contribution is 7.16. The number of carbonyl (C=O) groups is 2. The largest absolute Gasteiger partial charge is 0.465 e. The summed E-state index contributed by atoms with van der Waals surface area (Å²) in [5.74, 6) is -0.705. The molecule has 2 aromatic rings. The molecule has 6 nitrogen and oxygen atoms in total. The van der Waals surface area contributed by atoms with E-state index in [1.54, 1.807) is 12.1 Å². The Bertz CT molecular complexity index is 884. The number of hydrogen-bond acceptors (Lipinski definition) is 6. The van der Waals surface area contributed by atoms with Crippen molar-refractivity contribution in [2.45, 2.75) is 27.2 Å². The van der Waals surface area contributed by atoms with Gasteiger partial charge in [-0.3, -0.25) is 9.80 Å². The second-order valence-corrected chi connectivity index (χ2v) is 7.41. The Labute approximate surface area is 156 Å². The van der Waals surface area contributed by atoms with Gasteiger partial charge in [0.1, 0.15) is 5.00 Å². The second-order valence-electron chi connectivity index (χ2n) is 6.19. The second kappa shape index (κ2) is 7.29. The number of hydrogen-bond donors (Lipinski definition) is 1. The summed E-state index contributed by atoms with van der Waals surface area (Å²) < 4.78 is 4.84. The van der Waals surface area contributed by atoms with Crippen LogP contribution in [0.4, 0.5) is 10.7 Å². The maximum atomic E-state index is 12.6. The summed E-state index contributed by atoms with van der Waals surface area (Å²) >= 11 is 1.37. The average molecular weight is 371 g/mol. The van der Waals surface area contributed by atoms with Crippen molar-refractivity contribution in [1.82, 2.24) is 0 Å². The molecule has 0 radical (unpaired) electrons. The van der Waals surface area contributed by atoms with Gasteiger partial charge in [-0.05, 0) is 50.6 Å². The van der Waals surface area contributed by atoms with Crippen LogP contribution in [0.15, 0.2) is 29.4 Å². The first-order valence-corrected chi connectivity index (χ1v) is 9.13. The zero-order chi connectivity index (χ0) is 18.8. The molecule has 1 N–H and O–H groups in total. The molecule has 136 valence electrons. The van der Waals surface area contributed by atoms with E-state index in [9.17, 15) is 9.59 Å². The first-order chi connectivity index (χ1) is 12.4. The third kappa shape index (κ3) is 3.48. The zero-order valence-corrected chi connectivity index (χ0v) is 16.1. The first-order valence-electron chi connectivity index (χ1n) is 8.32. The van der Waals surface area contributed by atoms with Gasteiger partial charge >= 0.3 is 5.97 Å². The Morgan fingerprint density at radius 1 is 1.19 bits per heavy atom. The lowest BCUT2D eigenvalue weighted by molar-refractivity contribution is 0.0601. The summed E-state index contributed by atoms with van der Waals surface area (Å²) in [4.78, 5) is 25.6. The van der Waals surface area contributed by atoms with E-state index in [-0.39, 0.29) is 5.91 Å². The fourth-order valence-electron chi connectivity index (χ4n) is 2.78. The number of nitrogens with zero attached hydrogens (tertiary/aromatic N) is 2. The third-order valence-corrected chi connectivity index (χ3v) is 5.53. The van der Waals surface area contributed by atoms with Crippen molar-refractivity contribution < 1.29 is 14.3 Å². The predicted molar refractivity (Wildman–Crippen MR) is 105 cm³/mol. The zero-order valence-electron chi connectivity index (χ0n) is 15.3. The third-order valence-electron chi connectivity index (χ3n) is 4.41. The van der Waals surface area contributed by atoms with Crippen molar-refractivity contribution in [3.63, 3.8) is 0 Å². The molecule has 0 bridgehead atoms. The molecule has 0 fully saturated rings. The Kier molecular flexibility index (Phi) is 5.08. The van der Waals surface area contributed by atoms with Crippen LogP contribution in [0.1, 0.15) is 44.5 Å². The number of anilines is 2. The van der Waals surface area contributed by atoms with Crippen LogP contribution in [-0.2, 0) is 4.74 Å². The molecule has 2 heterocycles. The van der Waals surface area contributed by atoms with Crippen molar-refractivity contribution in [2.24, 2.45) is 5.10 Å². The number of hydrazone groups is 1. The van der Waals surface area contributed by atoms with Crippen molar-refractivity contribution in [1.29, 1.82) is 0 Å². The van der Waals surface area contributed by atoms with E-state index in [2.05, 4.69) is 10.4 Å². The molecule has 7 heteroatoms. The summed E-state index contributed by atoms with van der Waals surface area (Å²) in [6, 6.07) is 7.28. The van der Waals surface area contributed by atoms with Crippen LogP contribution in [-0.4, -0.2) is 31.2 Å². The minimum atomic E-state index is -0.445. The SMILES string of the molecule is COC(=O)c1c(NC(=O)c2ccc(N3CCC(C)=N3)cc2)sc(C)c1C. The number of ether oxygens (including phenoxy) is 1. The van der Waals surface area contributed by atoms with Gasteiger partial charge in [0, 0.05) is 29.1 Å². The fourth-order valence-corrected chi connectivity index (χ4v) is 3.83. The van der Waals surface area contributed by atoms with Crippen LogP contribution in [0.25, 0.3) is 0 Å². The van der Waals surface area contributed by atoms with Gasteiger partial charge in [-0.15, -0.1) is 11.3 Å². The van der Waals surface area contributed by atoms with Crippen molar-refractivity contribution >= 4 is 39.6 Å². The molecule has 0 atom stereocenters. The lowest BCUT2D eigenvalue weighted by Gasteiger charge is -2.14. The number of carbonyl (C=O) groups excluding carboxylic acids is 2. The predicted octanol–water partition coefficient (Wildman–Crippen LogP) is 3.99. The molecule has 1 aliphatic heterocycles. The number of amides is 1. The average Bonchev–Trinajstić information content (AvgIpc) is 3.18. The number of nitrogens with one attached hydrogen (secondary N) is 1. The van der Waals surface area contributed by atoms with E-state index in [1.807, 2.05) is 37.9 Å². The van der Waals surface area contributed by atoms with Gasteiger partial charge in [-0.25, -0.2) is 4.79 Å². The van der Waals surface area contributed by atoms with Gasteiger partial charge in [0.05, 0.1) is 18.4 Å². The summed E-state index contributed by atoms with van der Waals surface area (Å²) in [5.41, 5.74) is 3.83. The first kappa shape index (κ1) is 18.1. The molecule has 1 amide bonds.